The number of anilines is 3. The smallest absolute Gasteiger partial charge is 0.341 e. The van der Waals surface area contributed by atoms with Gasteiger partial charge >= 0.3 is 5.97 Å². The number of hydrogen-bond acceptors (Lipinski definition) is 8. The van der Waals surface area contributed by atoms with Crippen LogP contribution in [0.2, 0.25) is 5.02 Å². The molecule has 0 spiro atoms. The highest BCUT2D eigenvalue weighted by atomic mass is 35.5. The second-order valence-corrected chi connectivity index (χ2v) is 15.2. The summed E-state index contributed by atoms with van der Waals surface area (Å²) in [5, 5.41) is 11.2. The molecule has 1 aromatic heterocycles. The first-order chi connectivity index (χ1) is 28.1. The molecule has 0 aliphatic heterocycles. The minimum absolute atomic E-state index is 0.0174. The minimum atomic E-state index is -0.838. The summed E-state index contributed by atoms with van der Waals surface area (Å²) < 4.78 is 5.34. The average molecular weight is 829 g/mol. The molecule has 4 N–H and O–H groups in total. The van der Waals surface area contributed by atoms with Crippen LogP contribution >= 0.6 is 34.7 Å². The van der Waals surface area contributed by atoms with Crippen molar-refractivity contribution in [1.29, 1.82) is 0 Å². The molecular weight excluding hydrogens is 792 g/mol. The van der Waals surface area contributed by atoms with Crippen LogP contribution < -0.4 is 21.3 Å². The number of rotatable bonds is 14. The standard InChI is InChI=1S/C45H37ClN4O6S2/c1-3-56-45(55)37-28(2)38(42(53)47-33-21-11-6-12-22-33)58-44(37)50-43(54)39(30-16-7-4-8-17-30)57-35-24-14-23-34(27-35)48-41(52)36(26-29-15-13-20-32(46)25-29)49-40(51)31-18-9-5-10-19-31/h4-27,39H,3H2,1-2H3,(H,47,53)(H,48,52)(H,49,51)(H,50,54)/b36-26-. The van der Waals surface area contributed by atoms with Crippen LogP contribution in [-0.4, -0.2) is 36.2 Å². The van der Waals surface area contributed by atoms with Gasteiger partial charge in [-0.05, 0) is 91.2 Å². The van der Waals surface area contributed by atoms with Crippen LogP contribution in [-0.2, 0) is 14.3 Å². The molecule has 58 heavy (non-hydrogen) atoms. The molecule has 0 aliphatic carbocycles. The van der Waals surface area contributed by atoms with E-state index >= 15 is 0 Å². The van der Waals surface area contributed by atoms with E-state index in [1.165, 1.54) is 17.8 Å². The third-order valence-electron chi connectivity index (χ3n) is 8.48. The fourth-order valence-corrected chi connectivity index (χ4v) is 8.12. The lowest BCUT2D eigenvalue weighted by Crippen LogP contribution is -2.30. The maximum absolute atomic E-state index is 14.3. The molecular formula is C45H37ClN4O6S2. The molecule has 6 rings (SSSR count). The SMILES string of the molecule is CCOC(=O)c1c(NC(=O)C(Sc2cccc(NC(=O)/C(=C/c3cccc(Cl)c3)NC(=O)c3ccccc3)c2)c2ccccc2)sc(C(=O)Nc2ccccc2)c1C. The summed E-state index contributed by atoms with van der Waals surface area (Å²) in [7, 11) is 0. The average Bonchev–Trinajstić information content (AvgIpc) is 3.56. The zero-order valence-corrected chi connectivity index (χ0v) is 33.7. The first-order valence-corrected chi connectivity index (χ1v) is 20.1. The number of nitrogens with one attached hydrogen (secondary N) is 4. The molecule has 0 bridgehead atoms. The van der Waals surface area contributed by atoms with E-state index in [1.807, 2.05) is 36.4 Å². The topological polar surface area (TPSA) is 143 Å². The summed E-state index contributed by atoms with van der Waals surface area (Å²) in [4.78, 5) is 68.8. The quantitative estimate of drug-likeness (QED) is 0.0486. The minimum Gasteiger partial charge on any atom is -0.462 e. The fourth-order valence-electron chi connectivity index (χ4n) is 5.74. The lowest BCUT2D eigenvalue weighted by Gasteiger charge is -2.18. The molecule has 0 saturated carbocycles. The van der Waals surface area contributed by atoms with Crippen LogP contribution in [0.25, 0.3) is 6.08 Å². The Hall–Kier alpha value is -6.47. The van der Waals surface area contributed by atoms with Gasteiger partial charge in [-0.15, -0.1) is 23.1 Å². The molecule has 0 aliphatic rings. The van der Waals surface area contributed by atoms with Crippen LogP contribution in [0, 0.1) is 6.92 Å². The summed E-state index contributed by atoms with van der Waals surface area (Å²) in [5.74, 6) is -2.61. The molecule has 0 fully saturated rings. The third kappa shape index (κ3) is 10.7. The number of carbonyl (C=O) groups excluding carboxylic acids is 5. The number of esters is 1. The molecule has 13 heteroatoms. The van der Waals surface area contributed by atoms with E-state index in [4.69, 9.17) is 16.3 Å². The number of ether oxygens (including phenoxy) is 1. The number of carbonyl (C=O) groups is 5. The van der Waals surface area contributed by atoms with E-state index in [0.717, 1.165) is 11.3 Å². The van der Waals surface area contributed by atoms with E-state index < -0.39 is 34.8 Å². The van der Waals surface area contributed by atoms with Crippen molar-refractivity contribution in [3.05, 3.63) is 183 Å². The van der Waals surface area contributed by atoms with E-state index in [0.29, 0.717) is 43.5 Å². The van der Waals surface area contributed by atoms with Crippen LogP contribution in [0.4, 0.5) is 16.4 Å². The summed E-state index contributed by atoms with van der Waals surface area (Å²) in [6, 6.07) is 40.4. The normalized spacial score (nSPS) is 11.5. The Bertz CT molecular complexity index is 2480. The van der Waals surface area contributed by atoms with Gasteiger partial charge in [-0.2, -0.15) is 0 Å². The number of thioether (sulfide) groups is 1. The molecule has 1 heterocycles. The number of thiophene rings is 1. The van der Waals surface area contributed by atoms with Gasteiger partial charge in [0.25, 0.3) is 17.7 Å². The van der Waals surface area contributed by atoms with E-state index in [1.54, 1.807) is 117 Å². The highest BCUT2D eigenvalue weighted by Crippen LogP contribution is 2.40. The van der Waals surface area contributed by atoms with Gasteiger partial charge < -0.3 is 26.0 Å². The molecule has 0 saturated heterocycles. The van der Waals surface area contributed by atoms with Gasteiger partial charge in [0.1, 0.15) is 15.9 Å². The van der Waals surface area contributed by atoms with Gasteiger partial charge in [0.2, 0.25) is 5.91 Å². The van der Waals surface area contributed by atoms with Gasteiger partial charge in [0.15, 0.2) is 0 Å². The number of benzene rings is 5. The second-order valence-electron chi connectivity index (χ2n) is 12.6. The van der Waals surface area contributed by atoms with Crippen molar-refractivity contribution < 1.29 is 28.7 Å². The van der Waals surface area contributed by atoms with Crippen LogP contribution in [0.1, 0.15) is 59.3 Å². The van der Waals surface area contributed by atoms with Crippen molar-refractivity contribution in [2.45, 2.75) is 24.0 Å². The fraction of sp³-hybridized carbons (Fsp3) is 0.0889. The van der Waals surface area contributed by atoms with Crippen molar-refractivity contribution in [2.75, 3.05) is 22.6 Å². The molecule has 10 nitrogen and oxygen atoms in total. The monoisotopic (exact) mass is 828 g/mol. The Balaban J connectivity index is 1.26. The number of hydrogen-bond donors (Lipinski definition) is 4. The highest BCUT2D eigenvalue weighted by molar-refractivity contribution is 8.00. The number of para-hydroxylation sites is 1. The Morgan fingerprint density at radius 2 is 1.40 bits per heavy atom. The van der Waals surface area contributed by atoms with Crippen LogP contribution in [0.3, 0.4) is 0 Å². The van der Waals surface area contributed by atoms with Gasteiger partial charge in [-0.25, -0.2) is 4.79 Å². The predicted octanol–water partition coefficient (Wildman–Crippen LogP) is 10.0. The summed E-state index contributed by atoms with van der Waals surface area (Å²) in [6.45, 7) is 3.42. The zero-order valence-electron chi connectivity index (χ0n) is 31.3. The maximum Gasteiger partial charge on any atom is 0.341 e. The van der Waals surface area contributed by atoms with Gasteiger partial charge in [-0.1, -0.05) is 96.5 Å². The van der Waals surface area contributed by atoms with Crippen molar-refractivity contribution in [3.63, 3.8) is 0 Å². The maximum atomic E-state index is 14.3. The largest absolute Gasteiger partial charge is 0.462 e. The summed E-state index contributed by atoms with van der Waals surface area (Å²) >= 11 is 8.42. The van der Waals surface area contributed by atoms with Gasteiger partial charge in [0, 0.05) is 26.9 Å². The molecule has 4 amide bonds. The second kappa shape index (κ2) is 19.6. The Morgan fingerprint density at radius 1 is 0.741 bits per heavy atom. The lowest BCUT2D eigenvalue weighted by atomic mass is 10.1. The molecule has 6 aromatic rings. The summed E-state index contributed by atoms with van der Waals surface area (Å²) in [6.07, 6.45) is 1.53. The van der Waals surface area contributed by atoms with Crippen molar-refractivity contribution in [1.82, 2.24) is 5.32 Å². The van der Waals surface area contributed by atoms with Crippen molar-refractivity contribution >= 4 is 86.7 Å². The van der Waals surface area contributed by atoms with E-state index in [2.05, 4.69) is 21.3 Å². The first-order valence-electron chi connectivity index (χ1n) is 18.0. The zero-order chi connectivity index (χ0) is 41.0. The molecule has 1 atom stereocenters. The molecule has 5 aromatic carbocycles. The van der Waals surface area contributed by atoms with Gasteiger partial charge in [0.05, 0.1) is 17.0 Å². The van der Waals surface area contributed by atoms with E-state index in [-0.39, 0.29) is 27.7 Å². The summed E-state index contributed by atoms with van der Waals surface area (Å²) in [5.41, 5.74) is 3.08. The van der Waals surface area contributed by atoms with Crippen LogP contribution in [0.15, 0.2) is 150 Å². The van der Waals surface area contributed by atoms with Crippen molar-refractivity contribution in [2.24, 2.45) is 0 Å². The number of amides is 4. The lowest BCUT2D eigenvalue weighted by molar-refractivity contribution is -0.116. The van der Waals surface area contributed by atoms with Gasteiger partial charge in [-0.3, -0.25) is 19.2 Å². The van der Waals surface area contributed by atoms with Crippen LogP contribution in [0.5, 0.6) is 0 Å². The number of halogens is 1. The highest BCUT2D eigenvalue weighted by Gasteiger charge is 2.30. The predicted molar refractivity (Wildman–Crippen MR) is 231 cm³/mol. The molecule has 1 unspecified atom stereocenters. The first kappa shape index (κ1) is 41.2. The Labute approximate surface area is 348 Å². The Kier molecular flexibility index (Phi) is 13.9. The molecule has 292 valence electrons. The van der Waals surface area contributed by atoms with E-state index in [9.17, 15) is 24.0 Å². The molecule has 0 radical (unpaired) electrons. The third-order valence-corrected chi connectivity index (χ3v) is 11.2. The van der Waals surface area contributed by atoms with Crippen molar-refractivity contribution in [3.8, 4) is 0 Å². The Morgan fingerprint density at radius 3 is 2.09 bits per heavy atom.